The predicted octanol–water partition coefficient (Wildman–Crippen LogP) is 3.01. The van der Waals surface area contributed by atoms with Crippen molar-refractivity contribution in [3.8, 4) is 0 Å². The summed E-state index contributed by atoms with van der Waals surface area (Å²) >= 11 is 0. The molecule has 1 aromatic carbocycles. The molecular weight excluding hydrogens is 200 g/mol. The summed E-state index contributed by atoms with van der Waals surface area (Å²) in [6, 6.07) is 5.95. The van der Waals surface area contributed by atoms with Crippen LogP contribution in [0, 0.1) is 0 Å². The van der Waals surface area contributed by atoms with Crippen molar-refractivity contribution in [2.75, 3.05) is 0 Å². The van der Waals surface area contributed by atoms with Gasteiger partial charge in [0.05, 0.1) is 0 Å². The molecule has 0 saturated carbocycles. The average Bonchev–Trinajstić information content (AvgIpc) is 2.15. The SMILES string of the molecule is CC(C)(C)c1ccc2c(c1)C(O)=CC(=O)C2. The van der Waals surface area contributed by atoms with Gasteiger partial charge in [0.1, 0.15) is 5.76 Å². The number of benzene rings is 1. The van der Waals surface area contributed by atoms with Gasteiger partial charge in [-0.25, -0.2) is 0 Å². The second-order valence-corrected chi connectivity index (χ2v) is 5.29. The van der Waals surface area contributed by atoms with Gasteiger partial charge in [0.15, 0.2) is 5.78 Å². The van der Waals surface area contributed by atoms with Gasteiger partial charge in [-0.2, -0.15) is 0 Å². The summed E-state index contributed by atoms with van der Waals surface area (Å²) in [4.78, 5) is 11.3. The first-order valence-corrected chi connectivity index (χ1v) is 5.45. The maximum atomic E-state index is 11.3. The zero-order valence-electron chi connectivity index (χ0n) is 9.87. The zero-order chi connectivity index (χ0) is 11.9. The van der Waals surface area contributed by atoms with Crippen molar-refractivity contribution in [2.45, 2.75) is 32.6 Å². The Morgan fingerprint density at radius 3 is 2.56 bits per heavy atom. The van der Waals surface area contributed by atoms with E-state index in [1.54, 1.807) is 0 Å². The third-order valence-corrected chi connectivity index (χ3v) is 2.91. The number of allylic oxidation sites excluding steroid dienone is 1. The Morgan fingerprint density at radius 2 is 1.94 bits per heavy atom. The normalized spacial score (nSPS) is 15.7. The van der Waals surface area contributed by atoms with E-state index in [1.165, 1.54) is 11.6 Å². The Kier molecular flexibility index (Phi) is 2.38. The Balaban J connectivity index is 2.54. The molecule has 0 aromatic heterocycles. The van der Waals surface area contributed by atoms with Gasteiger partial charge in [-0.1, -0.05) is 32.9 Å². The van der Waals surface area contributed by atoms with Crippen molar-refractivity contribution in [1.29, 1.82) is 0 Å². The van der Waals surface area contributed by atoms with Crippen LogP contribution in [0.1, 0.15) is 37.5 Å². The van der Waals surface area contributed by atoms with Crippen LogP contribution >= 0.6 is 0 Å². The second-order valence-electron chi connectivity index (χ2n) is 5.29. The van der Waals surface area contributed by atoms with E-state index in [-0.39, 0.29) is 17.0 Å². The Labute approximate surface area is 95.6 Å². The van der Waals surface area contributed by atoms with Gasteiger partial charge in [-0.3, -0.25) is 4.79 Å². The fourth-order valence-corrected chi connectivity index (χ4v) is 1.90. The maximum absolute atomic E-state index is 11.3. The Hall–Kier alpha value is -1.57. The molecule has 1 aromatic rings. The number of aliphatic hydroxyl groups is 1. The molecule has 1 N–H and O–H groups in total. The first kappa shape index (κ1) is 10.9. The van der Waals surface area contributed by atoms with Gasteiger partial charge in [0, 0.05) is 18.1 Å². The number of ketones is 1. The lowest BCUT2D eigenvalue weighted by molar-refractivity contribution is -0.114. The Morgan fingerprint density at radius 1 is 1.25 bits per heavy atom. The van der Waals surface area contributed by atoms with Gasteiger partial charge in [0.25, 0.3) is 0 Å². The van der Waals surface area contributed by atoms with E-state index < -0.39 is 0 Å². The molecule has 2 nitrogen and oxygen atoms in total. The minimum atomic E-state index is -0.0338. The summed E-state index contributed by atoms with van der Waals surface area (Å²) < 4.78 is 0. The smallest absolute Gasteiger partial charge is 0.163 e. The van der Waals surface area contributed by atoms with E-state index >= 15 is 0 Å². The molecule has 0 unspecified atom stereocenters. The third-order valence-electron chi connectivity index (χ3n) is 2.91. The highest BCUT2D eigenvalue weighted by Gasteiger charge is 2.20. The largest absolute Gasteiger partial charge is 0.507 e. The maximum Gasteiger partial charge on any atom is 0.163 e. The van der Waals surface area contributed by atoms with E-state index in [1.807, 2.05) is 18.2 Å². The summed E-state index contributed by atoms with van der Waals surface area (Å²) in [5.74, 6) is 0.0610. The molecule has 0 radical (unpaired) electrons. The highest BCUT2D eigenvalue weighted by Crippen LogP contribution is 2.29. The molecule has 0 atom stereocenters. The molecule has 2 rings (SSSR count). The van der Waals surface area contributed by atoms with E-state index in [2.05, 4.69) is 20.8 Å². The van der Waals surface area contributed by atoms with Gasteiger partial charge in [-0.15, -0.1) is 0 Å². The van der Waals surface area contributed by atoms with E-state index in [9.17, 15) is 9.90 Å². The van der Waals surface area contributed by atoms with Crippen molar-refractivity contribution < 1.29 is 9.90 Å². The molecule has 1 aliphatic carbocycles. The highest BCUT2D eigenvalue weighted by atomic mass is 16.3. The van der Waals surface area contributed by atoms with E-state index in [0.717, 1.165) is 11.1 Å². The van der Waals surface area contributed by atoms with Crippen LogP contribution in [0.4, 0.5) is 0 Å². The molecule has 84 valence electrons. The number of hydrogen-bond donors (Lipinski definition) is 1. The minimum Gasteiger partial charge on any atom is -0.507 e. The fraction of sp³-hybridized carbons (Fsp3) is 0.357. The number of fused-ring (bicyclic) bond motifs is 1. The fourth-order valence-electron chi connectivity index (χ4n) is 1.90. The van der Waals surface area contributed by atoms with Gasteiger partial charge in [-0.05, 0) is 22.6 Å². The second kappa shape index (κ2) is 3.48. The number of hydrogen-bond acceptors (Lipinski definition) is 2. The molecule has 2 heteroatoms. The quantitative estimate of drug-likeness (QED) is 0.723. The van der Waals surface area contributed by atoms with Crippen molar-refractivity contribution in [3.63, 3.8) is 0 Å². The van der Waals surface area contributed by atoms with Crippen LogP contribution < -0.4 is 0 Å². The van der Waals surface area contributed by atoms with Crippen LogP contribution in [0.25, 0.3) is 5.76 Å². The van der Waals surface area contributed by atoms with Gasteiger partial charge < -0.3 is 5.11 Å². The van der Waals surface area contributed by atoms with Crippen molar-refractivity contribution in [3.05, 3.63) is 41.0 Å². The Bertz CT molecular complexity index is 476. The molecular formula is C14H16O2. The molecule has 0 spiro atoms. The molecule has 0 amide bonds. The van der Waals surface area contributed by atoms with Gasteiger partial charge in [0.2, 0.25) is 0 Å². The van der Waals surface area contributed by atoms with Crippen LogP contribution in [0.3, 0.4) is 0 Å². The van der Waals surface area contributed by atoms with Crippen molar-refractivity contribution in [2.24, 2.45) is 0 Å². The predicted molar refractivity (Wildman–Crippen MR) is 64.5 cm³/mol. The molecule has 0 heterocycles. The van der Waals surface area contributed by atoms with Gasteiger partial charge >= 0.3 is 0 Å². The summed E-state index contributed by atoms with van der Waals surface area (Å²) in [6.07, 6.45) is 1.71. The highest BCUT2D eigenvalue weighted by molar-refractivity contribution is 6.00. The molecule has 1 aliphatic rings. The number of aliphatic hydroxyl groups excluding tert-OH is 1. The standard InChI is InChI=1S/C14H16O2/c1-14(2,3)10-5-4-9-6-11(15)8-13(16)12(9)7-10/h4-5,7-8,16H,6H2,1-3H3. The van der Waals surface area contributed by atoms with Crippen LogP contribution in [0.5, 0.6) is 0 Å². The van der Waals surface area contributed by atoms with Crippen molar-refractivity contribution >= 4 is 11.5 Å². The lowest BCUT2D eigenvalue weighted by Gasteiger charge is -2.22. The monoisotopic (exact) mass is 216 g/mol. The molecule has 0 bridgehead atoms. The summed E-state index contributed by atoms with van der Waals surface area (Å²) in [5, 5.41) is 9.76. The number of rotatable bonds is 0. The molecule has 16 heavy (non-hydrogen) atoms. The topological polar surface area (TPSA) is 37.3 Å². The average molecular weight is 216 g/mol. The van der Waals surface area contributed by atoms with Crippen LogP contribution in [0.2, 0.25) is 0 Å². The summed E-state index contributed by atoms with van der Waals surface area (Å²) in [6.45, 7) is 6.39. The summed E-state index contributed by atoms with van der Waals surface area (Å²) in [5.41, 5.74) is 2.93. The number of carbonyl (C=O) groups is 1. The number of carbonyl (C=O) groups excluding carboxylic acids is 1. The van der Waals surface area contributed by atoms with Crippen LogP contribution in [0.15, 0.2) is 24.3 Å². The molecule has 0 aliphatic heterocycles. The van der Waals surface area contributed by atoms with E-state index in [0.29, 0.717) is 6.42 Å². The first-order chi connectivity index (χ1) is 7.38. The summed E-state index contributed by atoms with van der Waals surface area (Å²) in [7, 11) is 0. The minimum absolute atomic E-state index is 0.0338. The van der Waals surface area contributed by atoms with Crippen LogP contribution in [-0.2, 0) is 16.6 Å². The molecule has 0 saturated heterocycles. The first-order valence-electron chi connectivity index (χ1n) is 5.45. The van der Waals surface area contributed by atoms with Crippen molar-refractivity contribution in [1.82, 2.24) is 0 Å². The van der Waals surface area contributed by atoms with E-state index in [4.69, 9.17) is 0 Å². The zero-order valence-corrected chi connectivity index (χ0v) is 9.87. The molecule has 0 fully saturated rings. The third kappa shape index (κ3) is 1.87. The van der Waals surface area contributed by atoms with Crippen LogP contribution in [-0.4, -0.2) is 10.9 Å². The lowest BCUT2D eigenvalue weighted by atomic mass is 9.83. The lowest BCUT2D eigenvalue weighted by Crippen LogP contribution is -2.14.